The van der Waals surface area contributed by atoms with Gasteiger partial charge in [-0.15, -0.1) is 0 Å². The standard InChI is InChI=1S/C20H21F3N2O2/c1-27-18-7-5-16(6-8-18)19(26)25-11-9-24(10-12-25)14-15-3-2-4-17(13-15)20(21,22)23/h2-8,13H,9-12,14H2,1H3. The van der Waals surface area contributed by atoms with Crippen LogP contribution in [-0.2, 0) is 12.7 Å². The summed E-state index contributed by atoms with van der Waals surface area (Å²) < 4.78 is 43.6. The third-order valence-electron chi connectivity index (χ3n) is 4.66. The molecule has 1 heterocycles. The van der Waals surface area contributed by atoms with Gasteiger partial charge in [-0.3, -0.25) is 9.69 Å². The molecule has 1 aliphatic rings. The van der Waals surface area contributed by atoms with E-state index in [1.165, 1.54) is 12.1 Å². The molecule has 0 N–H and O–H groups in total. The van der Waals surface area contributed by atoms with Crippen LogP contribution < -0.4 is 4.74 Å². The summed E-state index contributed by atoms with van der Waals surface area (Å²) in [4.78, 5) is 16.4. The molecule has 1 fully saturated rings. The largest absolute Gasteiger partial charge is 0.497 e. The highest BCUT2D eigenvalue weighted by atomic mass is 19.4. The number of rotatable bonds is 4. The molecule has 4 nitrogen and oxygen atoms in total. The van der Waals surface area contributed by atoms with Crippen molar-refractivity contribution in [1.29, 1.82) is 0 Å². The minimum Gasteiger partial charge on any atom is -0.497 e. The molecule has 1 amide bonds. The quantitative estimate of drug-likeness (QED) is 0.814. The van der Waals surface area contributed by atoms with E-state index >= 15 is 0 Å². The van der Waals surface area contributed by atoms with Gasteiger partial charge in [0.1, 0.15) is 5.75 Å². The summed E-state index contributed by atoms with van der Waals surface area (Å²) in [6, 6.07) is 12.4. The van der Waals surface area contributed by atoms with Crippen molar-refractivity contribution >= 4 is 5.91 Å². The van der Waals surface area contributed by atoms with E-state index in [-0.39, 0.29) is 5.91 Å². The summed E-state index contributed by atoms with van der Waals surface area (Å²) in [7, 11) is 1.57. The molecule has 27 heavy (non-hydrogen) atoms. The van der Waals surface area contributed by atoms with Crippen LogP contribution in [0.1, 0.15) is 21.5 Å². The van der Waals surface area contributed by atoms with E-state index in [0.29, 0.717) is 49.6 Å². The van der Waals surface area contributed by atoms with Crippen LogP contribution in [-0.4, -0.2) is 49.0 Å². The van der Waals surface area contributed by atoms with Crippen molar-refractivity contribution in [2.75, 3.05) is 33.3 Å². The molecule has 1 aliphatic heterocycles. The number of benzene rings is 2. The first-order chi connectivity index (χ1) is 12.9. The Morgan fingerprint density at radius 2 is 1.70 bits per heavy atom. The molecule has 0 unspecified atom stereocenters. The summed E-state index contributed by atoms with van der Waals surface area (Å²) in [6.45, 7) is 2.78. The smallest absolute Gasteiger partial charge is 0.416 e. The Labute approximate surface area is 156 Å². The van der Waals surface area contributed by atoms with Crippen molar-refractivity contribution in [2.24, 2.45) is 0 Å². The minimum atomic E-state index is -4.33. The van der Waals surface area contributed by atoms with E-state index < -0.39 is 11.7 Å². The molecule has 0 radical (unpaired) electrons. The summed E-state index contributed by atoms with van der Waals surface area (Å²) >= 11 is 0. The van der Waals surface area contributed by atoms with Gasteiger partial charge in [-0.25, -0.2) is 0 Å². The molecule has 0 aromatic heterocycles. The molecule has 2 aromatic carbocycles. The van der Waals surface area contributed by atoms with Crippen LogP contribution in [0.2, 0.25) is 0 Å². The van der Waals surface area contributed by atoms with Crippen LogP contribution in [0.15, 0.2) is 48.5 Å². The van der Waals surface area contributed by atoms with Crippen LogP contribution in [0.4, 0.5) is 13.2 Å². The Morgan fingerprint density at radius 1 is 1.04 bits per heavy atom. The number of nitrogens with zero attached hydrogens (tertiary/aromatic N) is 2. The van der Waals surface area contributed by atoms with Crippen molar-refractivity contribution in [3.63, 3.8) is 0 Å². The molecule has 2 aromatic rings. The lowest BCUT2D eigenvalue weighted by Crippen LogP contribution is -2.48. The number of methoxy groups -OCH3 is 1. The maximum atomic E-state index is 12.8. The van der Waals surface area contributed by atoms with Crippen molar-refractivity contribution in [3.05, 3.63) is 65.2 Å². The molecule has 0 atom stereocenters. The molecule has 144 valence electrons. The average molecular weight is 378 g/mol. The van der Waals surface area contributed by atoms with Crippen LogP contribution >= 0.6 is 0 Å². The molecule has 0 spiro atoms. The second-order valence-corrected chi connectivity index (χ2v) is 6.49. The molecular formula is C20H21F3N2O2. The number of hydrogen-bond acceptors (Lipinski definition) is 3. The second-order valence-electron chi connectivity index (χ2n) is 6.49. The van der Waals surface area contributed by atoms with Crippen molar-refractivity contribution in [1.82, 2.24) is 9.80 Å². The lowest BCUT2D eigenvalue weighted by molar-refractivity contribution is -0.137. The molecular weight excluding hydrogens is 357 g/mol. The maximum absolute atomic E-state index is 12.8. The van der Waals surface area contributed by atoms with Gasteiger partial charge in [0, 0.05) is 38.3 Å². The SMILES string of the molecule is COc1ccc(C(=O)N2CCN(Cc3cccc(C(F)(F)F)c3)CC2)cc1. The van der Waals surface area contributed by atoms with Crippen LogP contribution in [0.3, 0.4) is 0 Å². The maximum Gasteiger partial charge on any atom is 0.416 e. The Bertz CT molecular complexity index is 783. The van der Waals surface area contributed by atoms with Gasteiger partial charge in [-0.2, -0.15) is 13.2 Å². The molecule has 0 aliphatic carbocycles. The normalized spacial score (nSPS) is 15.6. The zero-order valence-corrected chi connectivity index (χ0v) is 15.0. The lowest BCUT2D eigenvalue weighted by Gasteiger charge is -2.35. The van der Waals surface area contributed by atoms with Crippen LogP contribution in [0.5, 0.6) is 5.75 Å². The zero-order valence-electron chi connectivity index (χ0n) is 15.0. The molecule has 3 rings (SSSR count). The molecule has 7 heteroatoms. The van der Waals surface area contributed by atoms with Gasteiger partial charge < -0.3 is 9.64 Å². The number of hydrogen-bond donors (Lipinski definition) is 0. The van der Waals surface area contributed by atoms with E-state index in [2.05, 4.69) is 4.90 Å². The fourth-order valence-electron chi connectivity index (χ4n) is 3.13. The lowest BCUT2D eigenvalue weighted by atomic mass is 10.1. The Morgan fingerprint density at radius 3 is 2.30 bits per heavy atom. The molecule has 1 saturated heterocycles. The van der Waals surface area contributed by atoms with Gasteiger partial charge in [0.2, 0.25) is 0 Å². The number of alkyl halides is 3. The number of halogens is 3. The van der Waals surface area contributed by atoms with Crippen molar-refractivity contribution in [3.8, 4) is 5.75 Å². The highest BCUT2D eigenvalue weighted by Crippen LogP contribution is 2.29. The van der Waals surface area contributed by atoms with E-state index in [1.807, 2.05) is 0 Å². The summed E-state index contributed by atoms with van der Waals surface area (Å²) in [5.41, 5.74) is 0.593. The number of amides is 1. The van der Waals surface area contributed by atoms with Gasteiger partial charge in [0.15, 0.2) is 0 Å². The van der Waals surface area contributed by atoms with Gasteiger partial charge in [-0.05, 0) is 35.9 Å². The topological polar surface area (TPSA) is 32.8 Å². The second kappa shape index (κ2) is 8.00. The molecule has 0 bridgehead atoms. The number of carbonyl (C=O) groups is 1. The van der Waals surface area contributed by atoms with Crippen molar-refractivity contribution in [2.45, 2.75) is 12.7 Å². The fourth-order valence-corrected chi connectivity index (χ4v) is 3.13. The average Bonchev–Trinajstić information content (AvgIpc) is 2.68. The Kier molecular flexibility index (Phi) is 5.70. The third-order valence-corrected chi connectivity index (χ3v) is 4.66. The van der Waals surface area contributed by atoms with E-state index in [0.717, 1.165) is 6.07 Å². The van der Waals surface area contributed by atoms with Gasteiger partial charge in [-0.1, -0.05) is 18.2 Å². The number of carbonyl (C=O) groups excluding carboxylic acids is 1. The van der Waals surface area contributed by atoms with Crippen LogP contribution in [0.25, 0.3) is 0 Å². The zero-order chi connectivity index (χ0) is 19.4. The highest BCUT2D eigenvalue weighted by Gasteiger charge is 2.30. The monoisotopic (exact) mass is 378 g/mol. The van der Waals surface area contributed by atoms with Gasteiger partial charge in [0.25, 0.3) is 5.91 Å². The Hall–Kier alpha value is -2.54. The van der Waals surface area contributed by atoms with Crippen LogP contribution in [0, 0.1) is 0 Å². The number of ether oxygens (including phenoxy) is 1. The summed E-state index contributed by atoms with van der Waals surface area (Å²) in [5, 5.41) is 0. The first-order valence-corrected chi connectivity index (χ1v) is 8.68. The van der Waals surface area contributed by atoms with E-state index in [9.17, 15) is 18.0 Å². The summed E-state index contributed by atoms with van der Waals surface area (Å²) in [5.74, 6) is 0.647. The first-order valence-electron chi connectivity index (χ1n) is 8.68. The van der Waals surface area contributed by atoms with Gasteiger partial charge >= 0.3 is 6.18 Å². The first kappa shape index (κ1) is 19.2. The Balaban J connectivity index is 1.56. The van der Waals surface area contributed by atoms with E-state index in [1.54, 1.807) is 42.3 Å². The molecule has 0 saturated carbocycles. The fraction of sp³-hybridized carbons (Fsp3) is 0.350. The number of piperazine rings is 1. The van der Waals surface area contributed by atoms with Crippen molar-refractivity contribution < 1.29 is 22.7 Å². The third kappa shape index (κ3) is 4.80. The van der Waals surface area contributed by atoms with E-state index in [4.69, 9.17) is 4.74 Å². The predicted molar refractivity (Wildman–Crippen MR) is 95.6 cm³/mol. The predicted octanol–water partition coefficient (Wildman–Crippen LogP) is 3.67. The summed E-state index contributed by atoms with van der Waals surface area (Å²) in [6.07, 6.45) is -4.33. The van der Waals surface area contributed by atoms with Gasteiger partial charge in [0.05, 0.1) is 12.7 Å². The minimum absolute atomic E-state index is 0.0450. The highest BCUT2D eigenvalue weighted by molar-refractivity contribution is 5.94.